The fourth-order valence-electron chi connectivity index (χ4n) is 2.38. The van der Waals surface area contributed by atoms with Crippen LogP contribution in [0.15, 0.2) is 12.3 Å². The zero-order valence-corrected chi connectivity index (χ0v) is 11.2. The number of likely N-dealkylation sites (N-methyl/N-ethyl adjacent to an activating group) is 1. The van der Waals surface area contributed by atoms with E-state index in [4.69, 9.17) is 0 Å². The second-order valence-electron chi connectivity index (χ2n) is 5.04. The normalized spacial score (nSPS) is 18.5. The standard InChI is InChI=1S/C14H23N3/c1-4-14-12(2)9-13(10-15-14)11-17-7-5-16(3)6-8-17/h9-10H,4-8,11H2,1-3H3. The molecule has 1 aliphatic rings. The highest BCUT2D eigenvalue weighted by Gasteiger charge is 2.14. The van der Waals surface area contributed by atoms with Crippen molar-refractivity contribution in [3.05, 3.63) is 29.1 Å². The average Bonchev–Trinajstić information content (AvgIpc) is 2.32. The Kier molecular flexibility index (Phi) is 4.13. The van der Waals surface area contributed by atoms with Crippen molar-refractivity contribution >= 4 is 0 Å². The Balaban J connectivity index is 1.97. The molecule has 0 atom stereocenters. The van der Waals surface area contributed by atoms with E-state index in [9.17, 15) is 0 Å². The summed E-state index contributed by atoms with van der Waals surface area (Å²) in [6.45, 7) is 10.1. The molecule has 17 heavy (non-hydrogen) atoms. The van der Waals surface area contributed by atoms with Crippen molar-refractivity contribution in [3.8, 4) is 0 Å². The summed E-state index contributed by atoms with van der Waals surface area (Å²) in [6, 6.07) is 2.30. The van der Waals surface area contributed by atoms with E-state index in [-0.39, 0.29) is 0 Å². The molecular weight excluding hydrogens is 210 g/mol. The van der Waals surface area contributed by atoms with Crippen molar-refractivity contribution in [1.29, 1.82) is 0 Å². The summed E-state index contributed by atoms with van der Waals surface area (Å²) in [6.07, 6.45) is 3.07. The third-order valence-corrected chi connectivity index (χ3v) is 3.58. The van der Waals surface area contributed by atoms with Gasteiger partial charge in [-0.1, -0.05) is 13.0 Å². The van der Waals surface area contributed by atoms with Crippen LogP contribution in [0.4, 0.5) is 0 Å². The van der Waals surface area contributed by atoms with Crippen LogP contribution in [0.3, 0.4) is 0 Å². The van der Waals surface area contributed by atoms with Crippen LogP contribution in [0, 0.1) is 6.92 Å². The fraction of sp³-hybridized carbons (Fsp3) is 0.643. The maximum absolute atomic E-state index is 4.54. The summed E-state index contributed by atoms with van der Waals surface area (Å²) < 4.78 is 0. The van der Waals surface area contributed by atoms with Crippen LogP contribution >= 0.6 is 0 Å². The lowest BCUT2D eigenvalue weighted by molar-refractivity contribution is 0.148. The van der Waals surface area contributed by atoms with Crippen molar-refractivity contribution in [2.24, 2.45) is 0 Å². The summed E-state index contributed by atoms with van der Waals surface area (Å²) >= 11 is 0. The second kappa shape index (κ2) is 5.61. The summed E-state index contributed by atoms with van der Waals surface area (Å²) in [5.74, 6) is 0. The maximum Gasteiger partial charge on any atom is 0.0430 e. The highest BCUT2D eigenvalue weighted by Crippen LogP contribution is 2.11. The molecule has 0 N–H and O–H groups in total. The lowest BCUT2D eigenvalue weighted by atomic mass is 10.1. The van der Waals surface area contributed by atoms with Crippen LogP contribution in [-0.2, 0) is 13.0 Å². The van der Waals surface area contributed by atoms with E-state index in [1.807, 2.05) is 6.20 Å². The van der Waals surface area contributed by atoms with Gasteiger partial charge in [0.2, 0.25) is 0 Å². The molecule has 0 aromatic carbocycles. The van der Waals surface area contributed by atoms with Gasteiger partial charge in [-0.3, -0.25) is 9.88 Å². The topological polar surface area (TPSA) is 19.4 Å². The summed E-state index contributed by atoms with van der Waals surface area (Å²) in [7, 11) is 2.19. The van der Waals surface area contributed by atoms with E-state index in [2.05, 4.69) is 41.7 Å². The molecule has 0 aliphatic carbocycles. The van der Waals surface area contributed by atoms with E-state index >= 15 is 0 Å². The maximum atomic E-state index is 4.54. The van der Waals surface area contributed by atoms with Crippen LogP contribution < -0.4 is 0 Å². The van der Waals surface area contributed by atoms with E-state index < -0.39 is 0 Å². The van der Waals surface area contributed by atoms with Gasteiger partial charge < -0.3 is 4.90 Å². The predicted octanol–water partition coefficient (Wildman–Crippen LogP) is 1.70. The van der Waals surface area contributed by atoms with Gasteiger partial charge in [0.05, 0.1) is 0 Å². The molecule has 1 aliphatic heterocycles. The largest absolute Gasteiger partial charge is 0.304 e. The molecule has 3 nitrogen and oxygen atoms in total. The lowest BCUT2D eigenvalue weighted by Gasteiger charge is -2.32. The molecule has 0 spiro atoms. The van der Waals surface area contributed by atoms with Gasteiger partial charge in [-0.2, -0.15) is 0 Å². The molecule has 2 heterocycles. The number of pyridine rings is 1. The molecule has 0 unspecified atom stereocenters. The quantitative estimate of drug-likeness (QED) is 0.792. The van der Waals surface area contributed by atoms with Gasteiger partial charge in [0.1, 0.15) is 0 Å². The first kappa shape index (κ1) is 12.5. The van der Waals surface area contributed by atoms with E-state index in [1.54, 1.807) is 0 Å². The highest BCUT2D eigenvalue weighted by atomic mass is 15.2. The van der Waals surface area contributed by atoms with Gasteiger partial charge in [-0.15, -0.1) is 0 Å². The molecule has 0 radical (unpaired) electrons. The number of nitrogens with zero attached hydrogens (tertiary/aromatic N) is 3. The smallest absolute Gasteiger partial charge is 0.0430 e. The third kappa shape index (κ3) is 3.27. The first-order valence-electron chi connectivity index (χ1n) is 6.54. The minimum absolute atomic E-state index is 1.03. The van der Waals surface area contributed by atoms with Gasteiger partial charge >= 0.3 is 0 Å². The number of hydrogen-bond donors (Lipinski definition) is 0. The molecular formula is C14H23N3. The zero-order chi connectivity index (χ0) is 12.3. The molecule has 1 saturated heterocycles. The number of rotatable bonds is 3. The first-order chi connectivity index (χ1) is 8.19. The van der Waals surface area contributed by atoms with Crippen molar-refractivity contribution in [2.75, 3.05) is 33.2 Å². The highest BCUT2D eigenvalue weighted by molar-refractivity contribution is 5.24. The number of hydrogen-bond acceptors (Lipinski definition) is 3. The van der Waals surface area contributed by atoms with Gasteiger partial charge in [-0.05, 0) is 31.5 Å². The summed E-state index contributed by atoms with van der Waals surface area (Å²) in [5, 5.41) is 0. The minimum Gasteiger partial charge on any atom is -0.304 e. The van der Waals surface area contributed by atoms with Gasteiger partial charge in [0.15, 0.2) is 0 Å². The molecule has 3 heteroatoms. The van der Waals surface area contributed by atoms with E-state index in [0.717, 1.165) is 13.0 Å². The Labute approximate surface area is 104 Å². The van der Waals surface area contributed by atoms with Crippen molar-refractivity contribution in [3.63, 3.8) is 0 Å². The SMILES string of the molecule is CCc1ncc(CN2CCN(C)CC2)cc1C. The van der Waals surface area contributed by atoms with Crippen LogP contribution in [0.5, 0.6) is 0 Å². The van der Waals surface area contributed by atoms with Crippen molar-refractivity contribution in [2.45, 2.75) is 26.8 Å². The van der Waals surface area contributed by atoms with Crippen LogP contribution in [0.2, 0.25) is 0 Å². The minimum atomic E-state index is 1.03. The molecule has 1 fully saturated rings. The molecule has 0 saturated carbocycles. The average molecular weight is 233 g/mol. The zero-order valence-electron chi connectivity index (χ0n) is 11.2. The number of aromatic nitrogens is 1. The monoisotopic (exact) mass is 233 g/mol. The van der Waals surface area contributed by atoms with Gasteiger partial charge in [0.25, 0.3) is 0 Å². The molecule has 1 aromatic heterocycles. The Morgan fingerprint density at radius 3 is 2.53 bits per heavy atom. The van der Waals surface area contributed by atoms with Gasteiger partial charge in [0, 0.05) is 44.6 Å². The Morgan fingerprint density at radius 2 is 1.94 bits per heavy atom. The van der Waals surface area contributed by atoms with Crippen LogP contribution in [-0.4, -0.2) is 48.0 Å². The lowest BCUT2D eigenvalue weighted by Crippen LogP contribution is -2.43. The summed E-state index contributed by atoms with van der Waals surface area (Å²) in [5.41, 5.74) is 3.91. The Morgan fingerprint density at radius 1 is 1.24 bits per heavy atom. The van der Waals surface area contributed by atoms with Gasteiger partial charge in [-0.25, -0.2) is 0 Å². The van der Waals surface area contributed by atoms with Crippen LogP contribution in [0.25, 0.3) is 0 Å². The van der Waals surface area contributed by atoms with Crippen LogP contribution in [0.1, 0.15) is 23.7 Å². The molecule has 2 rings (SSSR count). The number of aryl methyl sites for hydroxylation is 2. The second-order valence-corrected chi connectivity index (χ2v) is 5.04. The molecule has 1 aromatic rings. The van der Waals surface area contributed by atoms with Crippen molar-refractivity contribution in [1.82, 2.24) is 14.8 Å². The third-order valence-electron chi connectivity index (χ3n) is 3.58. The van der Waals surface area contributed by atoms with E-state index in [1.165, 1.54) is 43.0 Å². The summed E-state index contributed by atoms with van der Waals surface area (Å²) in [4.78, 5) is 9.45. The Bertz CT molecular complexity index is 368. The molecule has 0 amide bonds. The first-order valence-corrected chi connectivity index (χ1v) is 6.54. The number of piperazine rings is 1. The Hall–Kier alpha value is -0.930. The predicted molar refractivity (Wildman–Crippen MR) is 71.1 cm³/mol. The van der Waals surface area contributed by atoms with E-state index in [0.29, 0.717) is 0 Å². The molecule has 0 bridgehead atoms. The molecule has 94 valence electrons. The fourth-order valence-corrected chi connectivity index (χ4v) is 2.38. The van der Waals surface area contributed by atoms with Crippen molar-refractivity contribution < 1.29 is 0 Å².